The number of nitrogens with zero attached hydrogens (tertiary/aromatic N) is 1. The quantitative estimate of drug-likeness (QED) is 0.574. The zero-order valence-corrected chi connectivity index (χ0v) is 9.18. The van der Waals surface area contributed by atoms with E-state index in [2.05, 4.69) is 0 Å². The Hall–Kier alpha value is -0.570. The number of ether oxygens (including phenoxy) is 1. The summed E-state index contributed by atoms with van der Waals surface area (Å²) in [7, 11) is 0. The fourth-order valence-corrected chi connectivity index (χ4v) is 1.38. The van der Waals surface area contributed by atoms with E-state index in [1.54, 1.807) is 0 Å². The molecule has 0 aromatic rings. The van der Waals surface area contributed by atoms with Crippen LogP contribution in [0.1, 0.15) is 34.6 Å². The lowest BCUT2D eigenvalue weighted by molar-refractivity contribution is -0.143. The molecular weight excluding hydrogens is 166 g/mol. The first kappa shape index (κ1) is 10.5. The van der Waals surface area contributed by atoms with E-state index in [4.69, 9.17) is 4.74 Å². The summed E-state index contributed by atoms with van der Waals surface area (Å²) in [4.78, 5) is 13.7. The number of rotatable bonds is 0. The molecule has 1 aliphatic rings. The Kier molecular flexibility index (Phi) is 2.41. The standard InChI is InChI=1S/C10H19NO2/c1-9(2,3)8(12)11-7-13-6-10(11,4)5/h6-7H2,1-5H3. The monoisotopic (exact) mass is 185 g/mol. The molecule has 3 nitrogen and oxygen atoms in total. The highest BCUT2D eigenvalue weighted by atomic mass is 16.5. The first-order chi connectivity index (χ1) is 5.75. The second-order valence-electron chi connectivity index (χ2n) is 5.27. The molecule has 0 radical (unpaired) electrons. The van der Waals surface area contributed by atoms with Crippen molar-refractivity contribution >= 4 is 5.91 Å². The molecule has 3 heteroatoms. The molecule has 0 aromatic carbocycles. The van der Waals surface area contributed by atoms with E-state index in [1.165, 1.54) is 0 Å². The smallest absolute Gasteiger partial charge is 0.230 e. The summed E-state index contributed by atoms with van der Waals surface area (Å²) in [5.41, 5.74) is -0.463. The van der Waals surface area contributed by atoms with Gasteiger partial charge in [0.05, 0.1) is 12.1 Å². The van der Waals surface area contributed by atoms with Crippen molar-refractivity contribution in [3.8, 4) is 0 Å². The molecule has 1 saturated heterocycles. The molecule has 0 N–H and O–H groups in total. The van der Waals surface area contributed by atoms with Crippen LogP contribution in [0.2, 0.25) is 0 Å². The lowest BCUT2D eigenvalue weighted by Gasteiger charge is -2.34. The van der Waals surface area contributed by atoms with Gasteiger partial charge in [-0.05, 0) is 13.8 Å². The van der Waals surface area contributed by atoms with Gasteiger partial charge in [0.25, 0.3) is 0 Å². The van der Waals surface area contributed by atoms with E-state index in [-0.39, 0.29) is 16.9 Å². The first-order valence-electron chi connectivity index (χ1n) is 4.65. The van der Waals surface area contributed by atoms with E-state index in [9.17, 15) is 4.79 Å². The van der Waals surface area contributed by atoms with Gasteiger partial charge in [0.2, 0.25) is 5.91 Å². The molecule has 0 unspecified atom stereocenters. The predicted molar refractivity (Wildman–Crippen MR) is 51.2 cm³/mol. The van der Waals surface area contributed by atoms with Crippen LogP contribution in [0.5, 0.6) is 0 Å². The van der Waals surface area contributed by atoms with Crippen molar-refractivity contribution in [2.24, 2.45) is 5.41 Å². The Bertz CT molecular complexity index is 215. The molecule has 0 bridgehead atoms. The van der Waals surface area contributed by atoms with Gasteiger partial charge in [0.15, 0.2) is 0 Å². The molecule has 1 amide bonds. The van der Waals surface area contributed by atoms with Crippen molar-refractivity contribution in [3.05, 3.63) is 0 Å². The maximum absolute atomic E-state index is 11.9. The number of hydrogen-bond donors (Lipinski definition) is 0. The molecule has 0 spiro atoms. The molecule has 0 aromatic heterocycles. The van der Waals surface area contributed by atoms with Gasteiger partial charge >= 0.3 is 0 Å². The number of amides is 1. The average Bonchev–Trinajstić information content (AvgIpc) is 2.26. The van der Waals surface area contributed by atoms with Crippen LogP contribution < -0.4 is 0 Å². The van der Waals surface area contributed by atoms with Crippen LogP contribution >= 0.6 is 0 Å². The summed E-state index contributed by atoms with van der Waals surface area (Å²) in [6.07, 6.45) is 0. The molecule has 13 heavy (non-hydrogen) atoms. The zero-order valence-electron chi connectivity index (χ0n) is 9.18. The highest BCUT2D eigenvalue weighted by Gasteiger charge is 2.40. The maximum atomic E-state index is 11.9. The van der Waals surface area contributed by atoms with Crippen molar-refractivity contribution in [2.75, 3.05) is 13.3 Å². The molecule has 0 saturated carbocycles. The second-order valence-corrected chi connectivity index (χ2v) is 5.27. The van der Waals surface area contributed by atoms with Gasteiger partial charge in [0, 0.05) is 5.41 Å². The topological polar surface area (TPSA) is 29.5 Å². The number of carbonyl (C=O) groups is 1. The molecule has 1 aliphatic heterocycles. The summed E-state index contributed by atoms with van der Waals surface area (Å²) >= 11 is 0. The second kappa shape index (κ2) is 2.98. The number of hydrogen-bond acceptors (Lipinski definition) is 2. The van der Waals surface area contributed by atoms with Crippen LogP contribution in [0.25, 0.3) is 0 Å². The van der Waals surface area contributed by atoms with Gasteiger partial charge in [-0.1, -0.05) is 20.8 Å². The van der Waals surface area contributed by atoms with Crippen LogP contribution in [0.4, 0.5) is 0 Å². The fourth-order valence-electron chi connectivity index (χ4n) is 1.38. The van der Waals surface area contributed by atoms with Gasteiger partial charge in [-0.25, -0.2) is 0 Å². The zero-order chi connectivity index (χ0) is 10.3. The van der Waals surface area contributed by atoms with Crippen molar-refractivity contribution in [1.82, 2.24) is 4.90 Å². The Balaban J connectivity index is 2.79. The van der Waals surface area contributed by atoms with Crippen molar-refractivity contribution in [1.29, 1.82) is 0 Å². The highest BCUT2D eigenvalue weighted by Crippen LogP contribution is 2.27. The fraction of sp³-hybridized carbons (Fsp3) is 0.900. The maximum Gasteiger partial charge on any atom is 0.230 e. The van der Waals surface area contributed by atoms with Crippen molar-refractivity contribution in [3.63, 3.8) is 0 Å². The van der Waals surface area contributed by atoms with E-state index >= 15 is 0 Å². The van der Waals surface area contributed by atoms with E-state index in [1.807, 2.05) is 39.5 Å². The largest absolute Gasteiger partial charge is 0.359 e. The molecular formula is C10H19NO2. The van der Waals surface area contributed by atoms with Gasteiger partial charge in [0.1, 0.15) is 6.73 Å². The third-order valence-corrected chi connectivity index (χ3v) is 2.29. The Morgan fingerprint density at radius 3 is 2.23 bits per heavy atom. The third kappa shape index (κ3) is 2.02. The van der Waals surface area contributed by atoms with Crippen LogP contribution in [-0.4, -0.2) is 29.7 Å². The average molecular weight is 185 g/mol. The molecule has 1 fully saturated rings. The first-order valence-corrected chi connectivity index (χ1v) is 4.65. The lowest BCUT2D eigenvalue weighted by Crippen LogP contribution is -2.48. The number of carbonyl (C=O) groups excluding carboxylic acids is 1. The van der Waals surface area contributed by atoms with E-state index in [0.717, 1.165) is 0 Å². The van der Waals surface area contributed by atoms with Gasteiger partial charge in [-0.15, -0.1) is 0 Å². The van der Waals surface area contributed by atoms with Gasteiger partial charge in [-0.3, -0.25) is 4.79 Å². The Labute approximate surface area is 80.1 Å². The summed E-state index contributed by atoms with van der Waals surface area (Å²) < 4.78 is 5.29. The summed E-state index contributed by atoms with van der Waals surface area (Å²) in [5, 5.41) is 0. The van der Waals surface area contributed by atoms with E-state index in [0.29, 0.717) is 13.3 Å². The summed E-state index contributed by atoms with van der Waals surface area (Å²) in [6.45, 7) is 10.9. The minimum Gasteiger partial charge on any atom is -0.359 e. The molecule has 1 heterocycles. The normalized spacial score (nSPS) is 22.1. The van der Waals surface area contributed by atoms with Crippen LogP contribution in [0.3, 0.4) is 0 Å². The minimum atomic E-state index is -0.315. The Morgan fingerprint density at radius 2 is 1.92 bits per heavy atom. The summed E-state index contributed by atoms with van der Waals surface area (Å²) in [5.74, 6) is 0.162. The van der Waals surface area contributed by atoms with Gasteiger partial charge < -0.3 is 9.64 Å². The summed E-state index contributed by atoms with van der Waals surface area (Å²) in [6, 6.07) is 0. The minimum absolute atomic E-state index is 0.148. The predicted octanol–water partition coefficient (Wildman–Crippen LogP) is 1.63. The SMILES string of the molecule is CC(C)(C)C(=O)N1COCC1(C)C. The third-order valence-electron chi connectivity index (χ3n) is 2.29. The van der Waals surface area contributed by atoms with Crippen LogP contribution in [-0.2, 0) is 9.53 Å². The van der Waals surface area contributed by atoms with Gasteiger partial charge in [-0.2, -0.15) is 0 Å². The molecule has 76 valence electrons. The Morgan fingerprint density at radius 1 is 1.38 bits per heavy atom. The lowest BCUT2D eigenvalue weighted by atomic mass is 9.92. The highest BCUT2D eigenvalue weighted by molar-refractivity contribution is 5.82. The molecule has 0 atom stereocenters. The van der Waals surface area contributed by atoms with E-state index < -0.39 is 0 Å². The van der Waals surface area contributed by atoms with Crippen molar-refractivity contribution < 1.29 is 9.53 Å². The van der Waals surface area contributed by atoms with Crippen molar-refractivity contribution in [2.45, 2.75) is 40.2 Å². The molecule has 1 rings (SSSR count). The molecule has 0 aliphatic carbocycles. The van der Waals surface area contributed by atoms with Crippen LogP contribution in [0.15, 0.2) is 0 Å². The van der Waals surface area contributed by atoms with Crippen LogP contribution in [0, 0.1) is 5.41 Å².